The van der Waals surface area contributed by atoms with Crippen LogP contribution in [0.25, 0.3) is 0 Å². The fraction of sp³-hybridized carbons (Fsp3) is 0.174. The summed E-state index contributed by atoms with van der Waals surface area (Å²) < 4.78 is 67.1. The van der Waals surface area contributed by atoms with Crippen LogP contribution in [0.3, 0.4) is 0 Å². The van der Waals surface area contributed by atoms with E-state index in [2.05, 4.69) is 0 Å². The Morgan fingerprint density at radius 3 is 2.15 bits per heavy atom. The zero-order chi connectivity index (χ0) is 24.8. The van der Waals surface area contributed by atoms with Crippen LogP contribution in [0, 0.1) is 13.8 Å². The van der Waals surface area contributed by atoms with Crippen molar-refractivity contribution < 1.29 is 26.4 Å². The second-order valence-corrected chi connectivity index (χ2v) is 10.4. The topological polar surface area (TPSA) is 83.7 Å². The smallest absolute Gasteiger partial charge is 0.292 e. The molecule has 2 N–H and O–H groups in total. The third kappa shape index (κ3) is 4.50. The molecular weight excluding hydrogens is 487 g/mol. The summed E-state index contributed by atoms with van der Waals surface area (Å²) in [6, 6.07) is 15.8. The fourth-order valence-electron chi connectivity index (χ4n) is 3.72. The van der Waals surface area contributed by atoms with Gasteiger partial charge in [0.15, 0.2) is 0 Å². The number of fused-ring (bicyclic) bond motifs is 1. The van der Waals surface area contributed by atoms with Crippen molar-refractivity contribution >= 4 is 39.3 Å². The number of hydrogen-bond acceptors (Lipinski definition) is 5. The number of alkyl halides is 3. The number of nitrogens with two attached hydrogens (primary N) is 1. The second-order valence-electron chi connectivity index (χ2n) is 7.80. The Labute approximate surface area is 199 Å². The number of primary sulfonamides is 1. The molecule has 0 atom stereocenters. The van der Waals surface area contributed by atoms with E-state index in [1.807, 2.05) is 25.1 Å². The first-order valence-electron chi connectivity index (χ1n) is 10.0. The Bertz CT molecular complexity index is 1390. The summed E-state index contributed by atoms with van der Waals surface area (Å²) in [5.74, 6) is -0.621. The van der Waals surface area contributed by atoms with Gasteiger partial charge in [-0.3, -0.25) is 14.0 Å². The molecule has 4 rings (SSSR count). The molecule has 3 aromatic rings. The number of aryl methyl sites for hydroxylation is 2. The van der Waals surface area contributed by atoms with Gasteiger partial charge in [-0.2, -0.15) is 13.2 Å². The normalized spacial score (nSPS) is 14.4. The lowest BCUT2D eigenvalue weighted by Gasteiger charge is -2.38. The molecule has 0 unspecified atom stereocenters. The molecule has 1 heterocycles. The first-order chi connectivity index (χ1) is 15.9. The molecule has 1 aliphatic rings. The van der Waals surface area contributed by atoms with E-state index in [4.69, 9.17) is 5.14 Å². The standard InChI is InChI=1S/C23H20F3N3O3S2/c1-14-7-3-5-9-18(14)28-13-29(33-20-10-6-4-8-15(20)2)19-12-17(23(24,25)26)21(34(27,31)32)11-16(19)22(28)30/h3-12H,13H2,1-2H3,(H2,27,31,32). The van der Waals surface area contributed by atoms with Gasteiger partial charge in [0.05, 0.1) is 21.7 Å². The summed E-state index contributed by atoms with van der Waals surface area (Å²) in [6.07, 6.45) is -4.99. The van der Waals surface area contributed by atoms with E-state index in [0.29, 0.717) is 11.8 Å². The number of rotatable bonds is 4. The van der Waals surface area contributed by atoms with Crippen LogP contribution >= 0.6 is 11.9 Å². The van der Waals surface area contributed by atoms with E-state index in [1.165, 1.54) is 4.90 Å². The van der Waals surface area contributed by atoms with Gasteiger partial charge >= 0.3 is 6.18 Å². The highest BCUT2D eigenvalue weighted by atomic mass is 32.2. The molecule has 178 valence electrons. The number of para-hydroxylation sites is 1. The number of anilines is 2. The predicted octanol–water partition coefficient (Wildman–Crippen LogP) is 5.10. The lowest BCUT2D eigenvalue weighted by molar-refractivity contribution is -0.139. The maximum atomic E-state index is 13.8. The second kappa shape index (κ2) is 8.64. The Morgan fingerprint density at radius 2 is 1.56 bits per heavy atom. The highest BCUT2D eigenvalue weighted by Crippen LogP contribution is 2.44. The third-order valence-electron chi connectivity index (χ3n) is 5.43. The molecule has 0 saturated heterocycles. The lowest BCUT2D eigenvalue weighted by Crippen LogP contribution is -2.45. The molecular formula is C23H20F3N3O3S2. The number of amides is 1. The molecule has 11 heteroatoms. The Hall–Kier alpha value is -3.02. The zero-order valence-corrected chi connectivity index (χ0v) is 19.8. The number of hydrogen-bond donors (Lipinski definition) is 1. The Kier molecular flexibility index (Phi) is 6.13. The first-order valence-corrected chi connectivity index (χ1v) is 12.4. The average Bonchev–Trinajstić information content (AvgIpc) is 2.75. The van der Waals surface area contributed by atoms with Gasteiger partial charge in [-0.25, -0.2) is 13.6 Å². The molecule has 0 radical (unpaired) electrons. The molecule has 0 spiro atoms. The molecule has 0 bridgehead atoms. The van der Waals surface area contributed by atoms with Crippen molar-refractivity contribution in [3.05, 3.63) is 82.9 Å². The highest BCUT2D eigenvalue weighted by Gasteiger charge is 2.41. The highest BCUT2D eigenvalue weighted by molar-refractivity contribution is 8.00. The molecule has 1 amide bonds. The van der Waals surface area contributed by atoms with Gasteiger partial charge in [-0.15, -0.1) is 0 Å². The van der Waals surface area contributed by atoms with Crippen LogP contribution in [0.2, 0.25) is 0 Å². The quantitative estimate of drug-likeness (QED) is 0.497. The third-order valence-corrected chi connectivity index (χ3v) is 7.57. The van der Waals surface area contributed by atoms with Gasteiger partial charge in [0, 0.05) is 10.6 Å². The van der Waals surface area contributed by atoms with Gasteiger partial charge in [-0.05, 0) is 61.2 Å². The number of sulfonamides is 1. The number of carbonyl (C=O) groups is 1. The van der Waals surface area contributed by atoms with Crippen LogP contribution < -0.4 is 14.3 Å². The molecule has 1 aliphatic heterocycles. The minimum atomic E-state index is -4.99. The summed E-state index contributed by atoms with van der Waals surface area (Å²) in [7, 11) is -4.76. The lowest BCUT2D eigenvalue weighted by atomic mass is 10.0. The minimum Gasteiger partial charge on any atom is -0.292 e. The molecule has 0 aromatic heterocycles. The average molecular weight is 508 g/mol. The summed E-state index contributed by atoms with van der Waals surface area (Å²) in [4.78, 5) is 14.5. The van der Waals surface area contributed by atoms with Crippen molar-refractivity contribution in [3.8, 4) is 0 Å². The summed E-state index contributed by atoms with van der Waals surface area (Å²) >= 11 is 1.16. The fourth-order valence-corrected chi connectivity index (χ4v) is 5.50. The van der Waals surface area contributed by atoms with Crippen LogP contribution in [-0.4, -0.2) is 21.0 Å². The van der Waals surface area contributed by atoms with Gasteiger partial charge in [-0.1, -0.05) is 36.4 Å². The molecule has 0 fully saturated rings. The number of benzene rings is 3. The monoisotopic (exact) mass is 507 g/mol. The van der Waals surface area contributed by atoms with Crippen LogP contribution in [0.4, 0.5) is 24.5 Å². The van der Waals surface area contributed by atoms with E-state index < -0.39 is 32.6 Å². The molecule has 0 saturated carbocycles. The maximum absolute atomic E-state index is 13.8. The summed E-state index contributed by atoms with van der Waals surface area (Å²) in [5.41, 5.74) is 0.589. The van der Waals surface area contributed by atoms with E-state index in [1.54, 1.807) is 41.6 Å². The van der Waals surface area contributed by atoms with Crippen LogP contribution in [-0.2, 0) is 16.2 Å². The zero-order valence-electron chi connectivity index (χ0n) is 18.1. The van der Waals surface area contributed by atoms with Gasteiger partial charge in [0.2, 0.25) is 10.0 Å². The van der Waals surface area contributed by atoms with Crippen molar-refractivity contribution in [3.63, 3.8) is 0 Å². The van der Waals surface area contributed by atoms with Crippen molar-refractivity contribution in [2.75, 3.05) is 15.9 Å². The van der Waals surface area contributed by atoms with Crippen molar-refractivity contribution in [1.82, 2.24) is 0 Å². The summed E-state index contributed by atoms with van der Waals surface area (Å²) in [6.45, 7) is 3.61. The van der Waals surface area contributed by atoms with Crippen LogP contribution in [0.15, 0.2) is 70.5 Å². The SMILES string of the molecule is Cc1ccccc1SN1CN(c2ccccc2C)C(=O)c2cc(S(N)(=O)=O)c(C(F)(F)F)cc21. The van der Waals surface area contributed by atoms with Crippen molar-refractivity contribution in [2.24, 2.45) is 5.14 Å². The van der Waals surface area contributed by atoms with Crippen molar-refractivity contribution in [1.29, 1.82) is 0 Å². The van der Waals surface area contributed by atoms with Gasteiger partial charge < -0.3 is 0 Å². The maximum Gasteiger partial charge on any atom is 0.417 e. The molecule has 0 aliphatic carbocycles. The number of carbonyl (C=O) groups excluding carboxylic acids is 1. The van der Waals surface area contributed by atoms with E-state index in [9.17, 15) is 26.4 Å². The van der Waals surface area contributed by atoms with Gasteiger partial charge in [0.1, 0.15) is 6.67 Å². The number of nitrogens with zero attached hydrogens (tertiary/aromatic N) is 2. The summed E-state index contributed by atoms with van der Waals surface area (Å²) in [5, 5.41) is 5.11. The van der Waals surface area contributed by atoms with Crippen molar-refractivity contribution in [2.45, 2.75) is 29.8 Å². The largest absolute Gasteiger partial charge is 0.417 e. The molecule has 6 nitrogen and oxygen atoms in total. The van der Waals surface area contributed by atoms with Gasteiger partial charge in [0.25, 0.3) is 5.91 Å². The van der Waals surface area contributed by atoms with Crippen LogP contribution in [0.1, 0.15) is 27.0 Å². The Balaban J connectivity index is 1.95. The van der Waals surface area contributed by atoms with E-state index in [-0.39, 0.29) is 17.9 Å². The van der Waals surface area contributed by atoms with E-state index in [0.717, 1.165) is 34.0 Å². The van der Waals surface area contributed by atoms with E-state index >= 15 is 0 Å². The predicted molar refractivity (Wildman–Crippen MR) is 125 cm³/mol. The molecule has 34 heavy (non-hydrogen) atoms. The first kappa shape index (κ1) is 24.1. The van der Waals surface area contributed by atoms with Crippen LogP contribution in [0.5, 0.6) is 0 Å². The number of halogens is 3. The Morgan fingerprint density at radius 1 is 0.941 bits per heavy atom. The molecule has 3 aromatic carbocycles. The minimum absolute atomic E-state index is 0.0391.